The van der Waals surface area contributed by atoms with Crippen molar-refractivity contribution in [2.24, 2.45) is 0 Å². The van der Waals surface area contributed by atoms with Crippen LogP contribution in [0.3, 0.4) is 0 Å². The van der Waals surface area contributed by atoms with Gasteiger partial charge in [-0.05, 0) is 61.7 Å². The molecule has 0 aliphatic rings. The van der Waals surface area contributed by atoms with Crippen LogP contribution < -0.4 is 19.5 Å². The van der Waals surface area contributed by atoms with Crippen molar-refractivity contribution in [2.45, 2.75) is 27.3 Å². The number of hydrogen-bond donors (Lipinski definition) is 1. The fraction of sp³-hybridized carbons (Fsp3) is 0.292. The minimum absolute atomic E-state index is 0.444. The summed E-state index contributed by atoms with van der Waals surface area (Å²) in [7, 11) is 0. The third-order valence-electron chi connectivity index (χ3n) is 4.44. The van der Waals surface area contributed by atoms with Gasteiger partial charge in [0.25, 0.3) is 0 Å². The lowest BCUT2D eigenvalue weighted by Crippen LogP contribution is -2.11. The molecule has 0 saturated heterocycles. The number of aryl methyl sites for hydroxylation is 2. The van der Waals surface area contributed by atoms with Crippen LogP contribution in [0.1, 0.15) is 23.6 Å². The molecule has 1 heterocycles. The smallest absolute Gasteiger partial charge is 0.161 e. The number of pyridine rings is 1. The maximum atomic E-state index is 5.93. The highest BCUT2D eigenvalue weighted by Crippen LogP contribution is 2.29. The van der Waals surface area contributed by atoms with Crippen LogP contribution in [0.15, 0.2) is 60.8 Å². The number of benzene rings is 2. The molecule has 5 nitrogen and oxygen atoms in total. The summed E-state index contributed by atoms with van der Waals surface area (Å²) in [6.07, 6.45) is 1.77. The molecule has 0 amide bonds. The Morgan fingerprint density at radius 2 is 1.62 bits per heavy atom. The van der Waals surface area contributed by atoms with Crippen LogP contribution in [0.5, 0.6) is 17.2 Å². The van der Waals surface area contributed by atoms with E-state index in [-0.39, 0.29) is 0 Å². The van der Waals surface area contributed by atoms with Gasteiger partial charge in [-0.3, -0.25) is 0 Å². The third kappa shape index (κ3) is 5.88. The highest BCUT2D eigenvalue weighted by atomic mass is 16.5. The number of ether oxygens (including phenoxy) is 3. The molecule has 2 aromatic carbocycles. The van der Waals surface area contributed by atoms with Crippen molar-refractivity contribution in [1.29, 1.82) is 0 Å². The number of hydrogen-bond acceptors (Lipinski definition) is 5. The molecule has 3 rings (SSSR count). The van der Waals surface area contributed by atoms with Crippen molar-refractivity contribution in [1.82, 2.24) is 4.98 Å². The van der Waals surface area contributed by atoms with Crippen molar-refractivity contribution in [3.05, 3.63) is 77.5 Å². The summed E-state index contributed by atoms with van der Waals surface area (Å²) in [6, 6.07) is 17.9. The maximum Gasteiger partial charge on any atom is 0.161 e. The van der Waals surface area contributed by atoms with Crippen molar-refractivity contribution in [2.75, 3.05) is 25.1 Å². The molecule has 0 radical (unpaired) electrons. The van der Waals surface area contributed by atoms with Gasteiger partial charge in [0.2, 0.25) is 0 Å². The Balaban J connectivity index is 1.57. The van der Waals surface area contributed by atoms with Crippen LogP contribution in [0.4, 0.5) is 5.82 Å². The second-order valence-electron chi connectivity index (χ2n) is 6.70. The monoisotopic (exact) mass is 392 g/mol. The summed E-state index contributed by atoms with van der Waals surface area (Å²) >= 11 is 0. The maximum absolute atomic E-state index is 5.93. The van der Waals surface area contributed by atoms with Gasteiger partial charge in [0, 0.05) is 12.7 Å². The first-order valence-corrected chi connectivity index (χ1v) is 9.90. The number of anilines is 1. The van der Waals surface area contributed by atoms with Gasteiger partial charge in [-0.25, -0.2) is 4.98 Å². The van der Waals surface area contributed by atoms with Gasteiger partial charge in [-0.15, -0.1) is 0 Å². The predicted octanol–water partition coefficient (Wildman–Crippen LogP) is 5.17. The van der Waals surface area contributed by atoms with Crippen LogP contribution in [0.2, 0.25) is 0 Å². The van der Waals surface area contributed by atoms with Gasteiger partial charge < -0.3 is 19.5 Å². The van der Waals surface area contributed by atoms with Crippen molar-refractivity contribution >= 4 is 5.82 Å². The molecule has 0 saturated carbocycles. The summed E-state index contributed by atoms with van der Waals surface area (Å²) in [5.41, 5.74) is 3.35. The lowest BCUT2D eigenvalue weighted by atomic mass is 10.1. The summed E-state index contributed by atoms with van der Waals surface area (Å²) in [5, 5.41) is 3.30. The van der Waals surface area contributed by atoms with Gasteiger partial charge in [-0.2, -0.15) is 0 Å². The van der Waals surface area contributed by atoms with Crippen LogP contribution in [-0.4, -0.2) is 24.8 Å². The average Bonchev–Trinajstić information content (AvgIpc) is 2.73. The third-order valence-corrected chi connectivity index (χ3v) is 4.44. The van der Waals surface area contributed by atoms with E-state index in [1.165, 1.54) is 0 Å². The van der Waals surface area contributed by atoms with E-state index >= 15 is 0 Å². The summed E-state index contributed by atoms with van der Waals surface area (Å²) in [5.74, 6) is 3.23. The fourth-order valence-electron chi connectivity index (χ4n) is 3.03. The fourth-order valence-corrected chi connectivity index (χ4v) is 3.03. The number of rotatable bonds is 10. The highest BCUT2D eigenvalue weighted by Gasteiger charge is 2.08. The molecule has 0 unspecified atom stereocenters. The standard InChI is InChI=1S/C24H28N2O3/c1-4-27-22-16-20(17-26-23-10-5-6-13-25-23)11-12-21(22)28-14-15-29-24-18(2)8-7-9-19(24)3/h5-13,16H,4,14-15,17H2,1-3H3,(H,25,26). The van der Waals surface area contributed by atoms with E-state index in [9.17, 15) is 0 Å². The van der Waals surface area contributed by atoms with Gasteiger partial charge in [0.15, 0.2) is 11.5 Å². The molecule has 0 fully saturated rings. The van der Waals surface area contributed by atoms with E-state index in [1.54, 1.807) is 6.20 Å². The van der Waals surface area contributed by atoms with E-state index in [4.69, 9.17) is 14.2 Å². The molecule has 0 spiro atoms. The van der Waals surface area contributed by atoms with Crippen LogP contribution in [0.25, 0.3) is 0 Å². The van der Waals surface area contributed by atoms with E-state index < -0.39 is 0 Å². The lowest BCUT2D eigenvalue weighted by molar-refractivity contribution is 0.207. The molecule has 0 atom stereocenters. The molecule has 152 valence electrons. The Hall–Kier alpha value is -3.21. The molecule has 1 aromatic heterocycles. The van der Waals surface area contributed by atoms with Crippen molar-refractivity contribution in [3.8, 4) is 17.2 Å². The summed E-state index contributed by atoms with van der Waals surface area (Å²) < 4.78 is 17.6. The minimum atomic E-state index is 0.444. The van der Waals surface area contributed by atoms with E-state index in [2.05, 4.69) is 10.3 Å². The Morgan fingerprint density at radius 3 is 2.34 bits per heavy atom. The largest absolute Gasteiger partial charge is 0.490 e. The van der Waals surface area contributed by atoms with E-state index in [0.717, 1.165) is 39.8 Å². The lowest BCUT2D eigenvalue weighted by Gasteiger charge is -2.15. The first kappa shape index (κ1) is 20.5. The normalized spacial score (nSPS) is 10.4. The molecule has 29 heavy (non-hydrogen) atoms. The molecular weight excluding hydrogens is 364 g/mol. The number of nitrogens with zero attached hydrogens (tertiary/aromatic N) is 1. The summed E-state index contributed by atoms with van der Waals surface area (Å²) in [6.45, 7) is 8.22. The van der Waals surface area contributed by atoms with E-state index in [0.29, 0.717) is 26.4 Å². The number of para-hydroxylation sites is 1. The predicted molar refractivity (Wildman–Crippen MR) is 116 cm³/mol. The Morgan fingerprint density at radius 1 is 0.828 bits per heavy atom. The minimum Gasteiger partial charge on any atom is -0.490 e. The highest BCUT2D eigenvalue weighted by molar-refractivity contribution is 5.44. The number of aromatic nitrogens is 1. The van der Waals surface area contributed by atoms with Crippen LogP contribution in [-0.2, 0) is 6.54 Å². The SMILES string of the molecule is CCOc1cc(CNc2ccccn2)ccc1OCCOc1c(C)cccc1C. The second kappa shape index (κ2) is 10.4. The zero-order valence-corrected chi connectivity index (χ0v) is 17.3. The summed E-state index contributed by atoms with van der Waals surface area (Å²) in [4.78, 5) is 4.28. The molecule has 0 aliphatic heterocycles. The molecular formula is C24H28N2O3. The average molecular weight is 392 g/mol. The van der Waals surface area contributed by atoms with Crippen LogP contribution >= 0.6 is 0 Å². The van der Waals surface area contributed by atoms with Crippen molar-refractivity contribution < 1.29 is 14.2 Å². The van der Waals surface area contributed by atoms with E-state index in [1.807, 2.05) is 75.4 Å². The molecule has 3 aromatic rings. The van der Waals surface area contributed by atoms with Gasteiger partial charge in [-0.1, -0.05) is 30.3 Å². The quantitative estimate of drug-likeness (QED) is 0.483. The Bertz CT molecular complexity index is 893. The van der Waals surface area contributed by atoms with Gasteiger partial charge in [0.05, 0.1) is 6.61 Å². The molecule has 0 bridgehead atoms. The first-order valence-electron chi connectivity index (χ1n) is 9.90. The van der Waals surface area contributed by atoms with Gasteiger partial charge in [0.1, 0.15) is 24.8 Å². The van der Waals surface area contributed by atoms with Crippen LogP contribution in [0, 0.1) is 13.8 Å². The molecule has 0 aliphatic carbocycles. The second-order valence-corrected chi connectivity index (χ2v) is 6.70. The zero-order chi connectivity index (χ0) is 20.5. The zero-order valence-electron chi connectivity index (χ0n) is 17.3. The van der Waals surface area contributed by atoms with Crippen molar-refractivity contribution in [3.63, 3.8) is 0 Å². The Labute approximate surface area is 172 Å². The van der Waals surface area contributed by atoms with Gasteiger partial charge >= 0.3 is 0 Å². The first-order chi connectivity index (χ1) is 14.2. The number of nitrogens with one attached hydrogen (secondary N) is 1. The Kier molecular flexibility index (Phi) is 7.34. The topological polar surface area (TPSA) is 52.6 Å². The molecule has 1 N–H and O–H groups in total. The molecule has 5 heteroatoms.